The van der Waals surface area contributed by atoms with E-state index in [2.05, 4.69) is 25.4 Å². The topological polar surface area (TPSA) is 124 Å². The minimum Gasteiger partial charge on any atom is -0.493 e. The molecule has 0 aliphatic carbocycles. The summed E-state index contributed by atoms with van der Waals surface area (Å²) in [5, 5.41) is 8.72. The van der Waals surface area contributed by atoms with E-state index in [0.29, 0.717) is 47.4 Å². The predicted octanol–water partition coefficient (Wildman–Crippen LogP) is 3.70. The van der Waals surface area contributed by atoms with Crippen molar-refractivity contribution >= 4 is 27.5 Å². The first-order chi connectivity index (χ1) is 18.5. The van der Waals surface area contributed by atoms with Crippen LogP contribution in [-0.4, -0.2) is 43.9 Å². The zero-order valence-electron chi connectivity index (χ0n) is 20.3. The predicted molar refractivity (Wildman–Crippen MR) is 140 cm³/mol. The van der Waals surface area contributed by atoms with Gasteiger partial charge in [0.05, 0.1) is 18.6 Å². The Labute approximate surface area is 220 Å². The molecule has 38 heavy (non-hydrogen) atoms. The number of fused-ring (bicyclic) bond motifs is 1. The molecule has 0 bridgehead atoms. The van der Waals surface area contributed by atoms with Gasteiger partial charge in [-0.1, -0.05) is 30.3 Å². The number of carbonyl (C=O) groups excluding carboxylic acids is 1. The fraction of sp³-hybridized carbons (Fsp3) is 0.192. The van der Waals surface area contributed by atoms with Crippen molar-refractivity contribution in [1.29, 1.82) is 0 Å². The third kappa shape index (κ3) is 5.70. The lowest BCUT2D eigenvalue weighted by molar-refractivity contribution is 0.0940. The number of ether oxygens (including phenoxy) is 2. The summed E-state index contributed by atoms with van der Waals surface area (Å²) >= 11 is 1.18. The average molecular weight is 535 g/mol. The lowest BCUT2D eigenvalue weighted by atomic mass is 10.1. The maximum atomic E-state index is 14.3. The Balaban J connectivity index is 1.18. The van der Waals surface area contributed by atoms with Crippen LogP contribution in [0.1, 0.15) is 22.6 Å². The number of aromatic nitrogens is 5. The number of benzene rings is 2. The second-order valence-electron chi connectivity index (χ2n) is 8.31. The van der Waals surface area contributed by atoms with E-state index in [1.165, 1.54) is 17.4 Å². The number of halogens is 1. The minimum absolute atomic E-state index is 0.112. The van der Waals surface area contributed by atoms with Crippen molar-refractivity contribution in [2.75, 3.05) is 13.2 Å². The van der Waals surface area contributed by atoms with Crippen molar-refractivity contribution in [3.05, 3.63) is 87.8 Å². The molecule has 0 aliphatic heterocycles. The number of nitrogens with one attached hydrogen (secondary N) is 2. The molecule has 3 aromatic heterocycles. The van der Waals surface area contributed by atoms with Gasteiger partial charge in [-0.3, -0.25) is 14.3 Å². The molecule has 2 aromatic carbocycles. The molecule has 3 heterocycles. The Bertz CT molecular complexity index is 1650. The number of hydrogen-bond acceptors (Lipinski definition) is 8. The Morgan fingerprint density at radius 3 is 2.79 bits per heavy atom. The highest BCUT2D eigenvalue weighted by molar-refractivity contribution is 7.17. The third-order valence-electron chi connectivity index (χ3n) is 5.54. The molecule has 5 rings (SSSR count). The summed E-state index contributed by atoms with van der Waals surface area (Å²) in [7, 11) is 1.77. The molecule has 0 saturated heterocycles. The summed E-state index contributed by atoms with van der Waals surface area (Å²) in [5.41, 5.74) is 1.06. The van der Waals surface area contributed by atoms with Gasteiger partial charge in [0.2, 0.25) is 5.82 Å². The van der Waals surface area contributed by atoms with Gasteiger partial charge in [0, 0.05) is 36.5 Å². The molecule has 0 atom stereocenters. The van der Waals surface area contributed by atoms with Crippen molar-refractivity contribution in [1.82, 2.24) is 30.0 Å². The van der Waals surface area contributed by atoms with Gasteiger partial charge in [-0.05, 0) is 23.8 Å². The quantitative estimate of drug-likeness (QED) is 0.262. The van der Waals surface area contributed by atoms with E-state index < -0.39 is 17.3 Å². The summed E-state index contributed by atoms with van der Waals surface area (Å²) in [5.74, 6) is -0.426. The largest absolute Gasteiger partial charge is 0.493 e. The summed E-state index contributed by atoms with van der Waals surface area (Å²) in [6, 6.07) is 13.9. The number of rotatable bonds is 10. The maximum absolute atomic E-state index is 14.3. The van der Waals surface area contributed by atoms with Crippen LogP contribution in [-0.2, 0) is 13.6 Å². The first-order valence-electron chi connectivity index (χ1n) is 11.7. The molecule has 5 aromatic rings. The zero-order chi connectivity index (χ0) is 26.5. The zero-order valence-corrected chi connectivity index (χ0v) is 21.1. The highest BCUT2D eigenvalue weighted by Crippen LogP contribution is 2.32. The van der Waals surface area contributed by atoms with Gasteiger partial charge < -0.3 is 19.8 Å². The maximum Gasteiger partial charge on any atom is 0.335 e. The van der Waals surface area contributed by atoms with Crippen LogP contribution in [0.15, 0.2) is 65.0 Å². The lowest BCUT2D eigenvalue weighted by Crippen LogP contribution is -2.27. The highest BCUT2D eigenvalue weighted by Gasteiger charge is 2.18. The first-order valence-corrected chi connectivity index (χ1v) is 12.6. The number of nitrogens with zero attached hydrogens (tertiary/aromatic N) is 4. The molecule has 10 nitrogen and oxygen atoms in total. The summed E-state index contributed by atoms with van der Waals surface area (Å²) in [6.45, 7) is 1.06. The van der Waals surface area contributed by atoms with Crippen LogP contribution >= 0.6 is 11.3 Å². The smallest absolute Gasteiger partial charge is 0.335 e. The first kappa shape index (κ1) is 25.1. The van der Waals surface area contributed by atoms with E-state index in [1.54, 1.807) is 41.6 Å². The molecule has 0 saturated carbocycles. The van der Waals surface area contributed by atoms with Crippen LogP contribution < -0.4 is 20.3 Å². The van der Waals surface area contributed by atoms with E-state index in [4.69, 9.17) is 9.47 Å². The normalized spacial score (nSPS) is 11.0. The van der Waals surface area contributed by atoms with Gasteiger partial charge in [0.25, 0.3) is 11.5 Å². The molecule has 1 amide bonds. The van der Waals surface area contributed by atoms with Crippen LogP contribution in [0.2, 0.25) is 0 Å². The van der Waals surface area contributed by atoms with Crippen molar-refractivity contribution in [3.63, 3.8) is 0 Å². The molecule has 0 radical (unpaired) electrons. The molecule has 2 N–H and O–H groups in total. The highest BCUT2D eigenvalue weighted by atomic mass is 32.1. The average Bonchev–Trinajstić information content (AvgIpc) is 3.54. The molecular formula is C26H23FN6O4S. The molecule has 0 unspecified atom stereocenters. The second-order valence-corrected chi connectivity index (χ2v) is 9.16. The SMILES string of the molecule is Cn1cnc(OCCCOc2cccc(CNC(=O)c3nc4scc(-c5ccccc5F)c4c(=O)[nH]3)c2)n1. The number of hydrogen-bond donors (Lipinski definition) is 2. The Morgan fingerprint density at radius 2 is 1.97 bits per heavy atom. The van der Waals surface area contributed by atoms with Crippen LogP contribution in [0.3, 0.4) is 0 Å². The third-order valence-corrected chi connectivity index (χ3v) is 6.41. The van der Waals surface area contributed by atoms with Crippen LogP contribution in [0, 0.1) is 5.82 Å². The summed E-state index contributed by atoms with van der Waals surface area (Å²) in [6.07, 6.45) is 2.20. The van der Waals surface area contributed by atoms with E-state index >= 15 is 0 Å². The molecule has 0 spiro atoms. The van der Waals surface area contributed by atoms with Gasteiger partial charge in [0.15, 0.2) is 0 Å². The molecular weight excluding hydrogens is 511 g/mol. The minimum atomic E-state index is -0.531. The number of amides is 1. The van der Waals surface area contributed by atoms with Crippen molar-refractivity contribution < 1.29 is 18.7 Å². The van der Waals surface area contributed by atoms with Gasteiger partial charge in [0.1, 0.15) is 22.7 Å². The standard InChI is InChI=1S/C26H23FN6O4S/c1-33-15-29-26(32-33)37-11-5-10-36-17-7-4-6-16(12-17)13-28-24(35)22-30-23(34)21-19(14-38-25(21)31-22)18-8-2-3-9-20(18)27/h2-4,6-9,12,14-15H,5,10-11,13H2,1H3,(H,28,35)(H,30,31,34). The van der Waals surface area contributed by atoms with Gasteiger partial charge >= 0.3 is 6.01 Å². The number of thiophene rings is 1. The van der Waals surface area contributed by atoms with Gasteiger partial charge in [-0.2, -0.15) is 4.98 Å². The van der Waals surface area contributed by atoms with Crippen LogP contribution in [0.25, 0.3) is 21.3 Å². The Morgan fingerprint density at radius 1 is 1.13 bits per heavy atom. The number of aromatic amines is 1. The second kappa shape index (κ2) is 11.2. The van der Waals surface area contributed by atoms with Gasteiger partial charge in [-0.25, -0.2) is 9.37 Å². The van der Waals surface area contributed by atoms with Crippen LogP contribution in [0.4, 0.5) is 4.39 Å². The Hall–Kier alpha value is -4.58. The molecule has 0 aliphatic rings. The fourth-order valence-electron chi connectivity index (χ4n) is 3.74. The fourth-order valence-corrected chi connectivity index (χ4v) is 4.68. The molecule has 0 fully saturated rings. The van der Waals surface area contributed by atoms with Gasteiger partial charge in [-0.15, -0.1) is 16.4 Å². The van der Waals surface area contributed by atoms with Crippen molar-refractivity contribution in [2.45, 2.75) is 13.0 Å². The number of H-pyrrole nitrogens is 1. The Kier molecular flexibility index (Phi) is 7.40. The summed E-state index contributed by atoms with van der Waals surface area (Å²) in [4.78, 5) is 36.7. The van der Waals surface area contributed by atoms with E-state index in [1.807, 2.05) is 24.3 Å². The van der Waals surface area contributed by atoms with Crippen LogP contribution in [0.5, 0.6) is 11.8 Å². The lowest BCUT2D eigenvalue weighted by Gasteiger charge is -2.09. The number of aryl methyl sites for hydroxylation is 1. The summed E-state index contributed by atoms with van der Waals surface area (Å²) < 4.78 is 27.0. The molecule has 194 valence electrons. The van der Waals surface area contributed by atoms with E-state index in [-0.39, 0.29) is 17.8 Å². The molecule has 12 heteroatoms. The monoisotopic (exact) mass is 534 g/mol. The number of carbonyl (C=O) groups is 1. The van der Waals surface area contributed by atoms with E-state index in [0.717, 1.165) is 5.56 Å². The van der Waals surface area contributed by atoms with Crippen molar-refractivity contribution in [3.8, 4) is 22.9 Å². The van der Waals surface area contributed by atoms with Crippen molar-refractivity contribution in [2.24, 2.45) is 7.05 Å². The van der Waals surface area contributed by atoms with E-state index in [9.17, 15) is 14.0 Å².